The van der Waals surface area contributed by atoms with Crippen LogP contribution in [-0.4, -0.2) is 28.7 Å². The molecule has 1 unspecified atom stereocenters. The van der Waals surface area contributed by atoms with E-state index < -0.39 is 6.10 Å². The van der Waals surface area contributed by atoms with Crippen LogP contribution in [0.4, 0.5) is 5.69 Å². The Kier molecular flexibility index (Phi) is 4.72. The molecule has 0 aromatic heterocycles. The molecule has 0 spiro atoms. The summed E-state index contributed by atoms with van der Waals surface area (Å²) < 4.78 is 0. The summed E-state index contributed by atoms with van der Waals surface area (Å²) >= 11 is 5.45. The topological polar surface area (TPSA) is 52.5 Å². The van der Waals surface area contributed by atoms with Crippen molar-refractivity contribution in [3.63, 3.8) is 0 Å². The number of hydrogen-bond donors (Lipinski definition) is 3. The van der Waals surface area contributed by atoms with Gasteiger partial charge < -0.3 is 15.5 Å². The second kappa shape index (κ2) is 5.83. The van der Waals surface area contributed by atoms with Crippen molar-refractivity contribution < 1.29 is 10.2 Å². The smallest absolute Gasteiger partial charge is 0.138 e. The van der Waals surface area contributed by atoms with E-state index in [-0.39, 0.29) is 11.6 Å². The van der Waals surface area contributed by atoms with Crippen LogP contribution in [0, 0.1) is 0 Å². The zero-order chi connectivity index (χ0) is 11.3. The molecule has 0 amide bonds. The van der Waals surface area contributed by atoms with Crippen molar-refractivity contribution in [2.45, 2.75) is 19.4 Å². The molecule has 4 heteroatoms. The first-order valence-corrected chi connectivity index (χ1v) is 5.50. The van der Waals surface area contributed by atoms with Crippen LogP contribution in [0.1, 0.15) is 12.5 Å². The molecule has 1 aromatic carbocycles. The van der Waals surface area contributed by atoms with Crippen LogP contribution in [0.3, 0.4) is 0 Å². The Labute approximate surface area is 94.7 Å². The molecule has 0 heterocycles. The first-order chi connectivity index (χ1) is 7.17. The predicted octanol–water partition coefficient (Wildman–Crippen LogP) is 1.97. The van der Waals surface area contributed by atoms with Crippen molar-refractivity contribution in [3.05, 3.63) is 23.8 Å². The number of aromatic hydroxyl groups is 1. The monoisotopic (exact) mass is 229 g/mol. The molecule has 1 rings (SSSR count). The summed E-state index contributed by atoms with van der Waals surface area (Å²) in [6.45, 7) is 2.36. The van der Waals surface area contributed by atoms with Crippen molar-refractivity contribution in [3.8, 4) is 5.75 Å². The fraction of sp³-hybridized carbons (Fsp3) is 0.455. The number of hydrogen-bond acceptors (Lipinski definition) is 3. The fourth-order valence-electron chi connectivity index (χ4n) is 1.23. The van der Waals surface area contributed by atoms with E-state index in [0.29, 0.717) is 12.2 Å². The minimum absolute atomic E-state index is 0.181. The van der Waals surface area contributed by atoms with Crippen molar-refractivity contribution in [1.29, 1.82) is 0 Å². The minimum atomic E-state index is -0.600. The van der Waals surface area contributed by atoms with E-state index in [9.17, 15) is 10.2 Å². The van der Waals surface area contributed by atoms with E-state index in [2.05, 4.69) is 5.32 Å². The lowest BCUT2D eigenvalue weighted by molar-refractivity contribution is 0.211. The number of benzene rings is 1. The molecule has 0 aliphatic heterocycles. The number of alkyl halides is 1. The van der Waals surface area contributed by atoms with Gasteiger partial charge in [-0.3, -0.25) is 0 Å². The predicted molar refractivity (Wildman–Crippen MR) is 62.7 cm³/mol. The number of aliphatic hydroxyl groups excluding tert-OH is 1. The van der Waals surface area contributed by atoms with Gasteiger partial charge in [0.15, 0.2) is 0 Å². The highest BCUT2D eigenvalue weighted by atomic mass is 35.5. The van der Waals surface area contributed by atoms with E-state index in [1.807, 2.05) is 13.0 Å². The van der Waals surface area contributed by atoms with Gasteiger partial charge >= 0.3 is 0 Å². The number of anilines is 1. The molecule has 0 saturated carbocycles. The molecule has 3 nitrogen and oxygen atoms in total. The summed E-state index contributed by atoms with van der Waals surface area (Å²) in [6, 6.07) is 5.46. The summed E-state index contributed by atoms with van der Waals surface area (Å²) in [5.74, 6) is 0.386. The van der Waals surface area contributed by atoms with Crippen LogP contribution in [0.25, 0.3) is 0 Å². The lowest BCUT2D eigenvalue weighted by Gasteiger charge is -2.11. The summed E-state index contributed by atoms with van der Waals surface area (Å²) in [7, 11) is 0. The number of phenolic OH excluding ortho intramolecular Hbond substituents is 1. The van der Waals surface area contributed by atoms with Crippen LogP contribution in [0.5, 0.6) is 5.75 Å². The zero-order valence-electron chi connectivity index (χ0n) is 8.70. The molecular weight excluding hydrogens is 214 g/mol. The third-order valence-electron chi connectivity index (χ3n) is 2.18. The van der Waals surface area contributed by atoms with Crippen molar-refractivity contribution in [2.24, 2.45) is 0 Å². The number of aryl methyl sites for hydroxylation is 1. The van der Waals surface area contributed by atoms with Gasteiger partial charge in [0.2, 0.25) is 0 Å². The average Bonchev–Trinajstić information content (AvgIpc) is 2.26. The van der Waals surface area contributed by atoms with Crippen LogP contribution in [0.15, 0.2) is 18.2 Å². The van der Waals surface area contributed by atoms with Gasteiger partial charge in [-0.05, 0) is 24.1 Å². The maximum Gasteiger partial charge on any atom is 0.138 e. The second-order valence-corrected chi connectivity index (χ2v) is 3.70. The Balaban J connectivity index is 2.62. The van der Waals surface area contributed by atoms with Gasteiger partial charge in [-0.25, -0.2) is 0 Å². The summed E-state index contributed by atoms with van der Waals surface area (Å²) in [4.78, 5) is 0. The number of halogens is 1. The van der Waals surface area contributed by atoms with Gasteiger partial charge in [-0.2, -0.15) is 0 Å². The lowest BCUT2D eigenvalue weighted by atomic mass is 10.1. The molecule has 1 aromatic rings. The third-order valence-corrected chi connectivity index (χ3v) is 2.53. The van der Waals surface area contributed by atoms with Gasteiger partial charge in [-0.1, -0.05) is 13.0 Å². The summed E-state index contributed by atoms with van der Waals surface area (Å²) in [5, 5.41) is 21.8. The Hall–Kier alpha value is -0.930. The fourth-order valence-corrected chi connectivity index (χ4v) is 1.34. The number of aliphatic hydroxyl groups is 1. The Morgan fingerprint density at radius 1 is 1.47 bits per heavy atom. The van der Waals surface area contributed by atoms with Crippen LogP contribution in [0.2, 0.25) is 0 Å². The molecule has 0 radical (unpaired) electrons. The number of nitrogens with one attached hydrogen (secondary N) is 1. The molecule has 0 fully saturated rings. The SMILES string of the molecule is CCc1ccc(NCC(O)CCl)c(O)c1. The van der Waals surface area contributed by atoms with Gasteiger partial charge in [0.25, 0.3) is 0 Å². The van der Waals surface area contributed by atoms with Crippen LogP contribution >= 0.6 is 11.6 Å². The normalized spacial score (nSPS) is 12.5. The minimum Gasteiger partial charge on any atom is -0.506 e. The standard InChI is InChI=1S/C11H16ClNO2/c1-2-8-3-4-10(11(15)5-8)13-7-9(14)6-12/h3-5,9,13-15H,2,6-7H2,1H3. The molecule has 0 saturated heterocycles. The van der Waals surface area contributed by atoms with Gasteiger partial charge in [0.05, 0.1) is 17.7 Å². The Morgan fingerprint density at radius 2 is 2.20 bits per heavy atom. The highest BCUT2D eigenvalue weighted by Gasteiger charge is 2.04. The highest BCUT2D eigenvalue weighted by Crippen LogP contribution is 2.24. The zero-order valence-corrected chi connectivity index (χ0v) is 9.46. The van der Waals surface area contributed by atoms with E-state index in [0.717, 1.165) is 12.0 Å². The van der Waals surface area contributed by atoms with Crippen molar-refractivity contribution in [2.75, 3.05) is 17.7 Å². The van der Waals surface area contributed by atoms with Crippen molar-refractivity contribution in [1.82, 2.24) is 0 Å². The van der Waals surface area contributed by atoms with Gasteiger partial charge in [-0.15, -0.1) is 11.6 Å². The molecule has 15 heavy (non-hydrogen) atoms. The second-order valence-electron chi connectivity index (χ2n) is 3.39. The largest absolute Gasteiger partial charge is 0.506 e. The molecule has 0 aliphatic rings. The van der Waals surface area contributed by atoms with E-state index in [4.69, 9.17) is 11.6 Å². The Bertz CT molecular complexity index is 317. The first kappa shape index (κ1) is 12.1. The molecule has 1 atom stereocenters. The summed E-state index contributed by atoms with van der Waals surface area (Å²) in [5.41, 5.74) is 1.70. The quantitative estimate of drug-likeness (QED) is 0.535. The van der Waals surface area contributed by atoms with Crippen LogP contribution < -0.4 is 5.32 Å². The maximum atomic E-state index is 9.63. The van der Waals surface area contributed by atoms with E-state index in [1.54, 1.807) is 12.1 Å². The highest BCUT2D eigenvalue weighted by molar-refractivity contribution is 6.18. The van der Waals surface area contributed by atoms with Crippen molar-refractivity contribution >= 4 is 17.3 Å². The van der Waals surface area contributed by atoms with E-state index >= 15 is 0 Å². The maximum absolute atomic E-state index is 9.63. The molecule has 0 bridgehead atoms. The molecular formula is C11H16ClNO2. The van der Waals surface area contributed by atoms with Crippen LogP contribution in [-0.2, 0) is 6.42 Å². The molecule has 84 valence electrons. The average molecular weight is 230 g/mol. The Morgan fingerprint density at radius 3 is 2.73 bits per heavy atom. The lowest BCUT2D eigenvalue weighted by Crippen LogP contribution is -2.20. The first-order valence-electron chi connectivity index (χ1n) is 4.97. The number of rotatable bonds is 5. The number of phenols is 1. The molecule has 3 N–H and O–H groups in total. The van der Waals surface area contributed by atoms with Gasteiger partial charge in [0.1, 0.15) is 5.75 Å². The van der Waals surface area contributed by atoms with Gasteiger partial charge in [0, 0.05) is 6.54 Å². The third kappa shape index (κ3) is 3.61. The summed E-state index contributed by atoms with van der Waals surface area (Å²) in [6.07, 6.45) is 0.287. The molecule has 0 aliphatic carbocycles. The van der Waals surface area contributed by atoms with E-state index in [1.165, 1.54) is 0 Å².